The van der Waals surface area contributed by atoms with E-state index in [0.29, 0.717) is 18.1 Å². The van der Waals surface area contributed by atoms with E-state index in [-0.39, 0.29) is 0 Å². The van der Waals surface area contributed by atoms with Gasteiger partial charge in [0.15, 0.2) is 5.78 Å². The van der Waals surface area contributed by atoms with Crippen LogP contribution in [-0.4, -0.2) is 5.78 Å². The van der Waals surface area contributed by atoms with Crippen molar-refractivity contribution in [2.45, 2.75) is 52.4 Å². The molecule has 0 unspecified atom stereocenters. The van der Waals surface area contributed by atoms with E-state index >= 15 is 0 Å². The largest absolute Gasteiger partial charge is 0.294 e. The molecule has 0 atom stereocenters. The lowest BCUT2D eigenvalue weighted by Gasteiger charge is -2.11. The minimum absolute atomic E-state index is 0.327. The summed E-state index contributed by atoms with van der Waals surface area (Å²) in [5.74, 6) is 0.879. The van der Waals surface area contributed by atoms with Gasteiger partial charge in [-0.1, -0.05) is 38.8 Å². The molecule has 0 saturated carbocycles. The third-order valence-electron chi connectivity index (χ3n) is 4.05. The zero-order chi connectivity index (χ0) is 12.3. The minimum atomic E-state index is 0.327. The maximum atomic E-state index is 12.2. The van der Waals surface area contributed by atoms with Gasteiger partial charge in [0, 0.05) is 12.0 Å². The number of hydrogen-bond donors (Lipinski definition) is 0. The zero-order valence-corrected chi connectivity index (χ0v) is 11.0. The molecule has 0 amide bonds. The molecular weight excluding hydrogens is 208 g/mol. The SMILES string of the molecule is CCC(CC)CC(=O)c1ccc2c(c1)CCC2. The van der Waals surface area contributed by atoms with Crippen molar-refractivity contribution in [2.75, 3.05) is 0 Å². The first-order chi connectivity index (χ1) is 8.24. The van der Waals surface area contributed by atoms with Crippen molar-refractivity contribution in [3.8, 4) is 0 Å². The second-order valence-electron chi connectivity index (χ2n) is 5.15. The van der Waals surface area contributed by atoms with Gasteiger partial charge < -0.3 is 0 Å². The molecule has 0 aliphatic heterocycles. The fourth-order valence-electron chi connectivity index (χ4n) is 2.70. The Hall–Kier alpha value is -1.11. The summed E-state index contributed by atoms with van der Waals surface area (Å²) in [6, 6.07) is 6.31. The number of aryl methyl sites for hydroxylation is 2. The van der Waals surface area contributed by atoms with Crippen LogP contribution in [-0.2, 0) is 12.8 Å². The molecule has 0 spiro atoms. The molecular formula is C16H22O. The fourth-order valence-corrected chi connectivity index (χ4v) is 2.70. The molecule has 1 nitrogen and oxygen atoms in total. The van der Waals surface area contributed by atoms with Crippen LogP contribution in [0.15, 0.2) is 18.2 Å². The Morgan fingerprint density at radius 3 is 2.59 bits per heavy atom. The van der Waals surface area contributed by atoms with Crippen molar-refractivity contribution in [3.05, 3.63) is 34.9 Å². The minimum Gasteiger partial charge on any atom is -0.294 e. The van der Waals surface area contributed by atoms with Crippen LogP contribution >= 0.6 is 0 Å². The predicted octanol–water partition coefficient (Wildman–Crippen LogP) is 4.18. The van der Waals surface area contributed by atoms with Crippen LogP contribution in [0.3, 0.4) is 0 Å². The van der Waals surface area contributed by atoms with Gasteiger partial charge >= 0.3 is 0 Å². The summed E-state index contributed by atoms with van der Waals surface area (Å²) >= 11 is 0. The lowest BCUT2D eigenvalue weighted by atomic mass is 9.93. The van der Waals surface area contributed by atoms with Gasteiger partial charge in [-0.2, -0.15) is 0 Å². The van der Waals surface area contributed by atoms with E-state index in [4.69, 9.17) is 0 Å². The van der Waals surface area contributed by atoms with Crippen molar-refractivity contribution < 1.29 is 4.79 Å². The van der Waals surface area contributed by atoms with E-state index in [0.717, 1.165) is 24.8 Å². The Balaban J connectivity index is 2.09. The molecule has 0 radical (unpaired) electrons. The van der Waals surface area contributed by atoms with Crippen LogP contribution in [0.5, 0.6) is 0 Å². The highest BCUT2D eigenvalue weighted by molar-refractivity contribution is 5.96. The number of carbonyl (C=O) groups is 1. The molecule has 1 heteroatoms. The monoisotopic (exact) mass is 230 g/mol. The average molecular weight is 230 g/mol. The Labute approximate surface area is 104 Å². The zero-order valence-electron chi connectivity index (χ0n) is 11.0. The molecule has 0 aromatic heterocycles. The lowest BCUT2D eigenvalue weighted by molar-refractivity contribution is 0.0958. The summed E-state index contributed by atoms with van der Waals surface area (Å²) in [6.45, 7) is 4.34. The van der Waals surface area contributed by atoms with Crippen molar-refractivity contribution in [1.29, 1.82) is 0 Å². The third kappa shape index (κ3) is 2.77. The molecule has 1 aliphatic carbocycles. The number of benzene rings is 1. The standard InChI is InChI=1S/C16H22O/c1-3-12(4-2)10-16(17)15-9-8-13-6-5-7-14(13)11-15/h8-9,11-12H,3-7,10H2,1-2H3. The Kier molecular flexibility index (Phi) is 3.98. The predicted molar refractivity (Wildman–Crippen MR) is 71.5 cm³/mol. The highest BCUT2D eigenvalue weighted by atomic mass is 16.1. The number of hydrogen-bond acceptors (Lipinski definition) is 1. The summed E-state index contributed by atoms with van der Waals surface area (Å²) in [7, 11) is 0. The second kappa shape index (κ2) is 5.48. The van der Waals surface area contributed by atoms with Crippen LogP contribution in [0.25, 0.3) is 0 Å². The third-order valence-corrected chi connectivity index (χ3v) is 4.05. The quantitative estimate of drug-likeness (QED) is 0.693. The van der Waals surface area contributed by atoms with Gasteiger partial charge in [-0.05, 0) is 42.4 Å². The van der Waals surface area contributed by atoms with Crippen molar-refractivity contribution in [1.82, 2.24) is 0 Å². The average Bonchev–Trinajstić information content (AvgIpc) is 2.82. The molecule has 0 saturated heterocycles. The lowest BCUT2D eigenvalue weighted by Crippen LogP contribution is -2.08. The van der Waals surface area contributed by atoms with Gasteiger partial charge in [0.25, 0.3) is 0 Å². The Morgan fingerprint density at radius 2 is 1.88 bits per heavy atom. The van der Waals surface area contributed by atoms with Gasteiger partial charge in [0.1, 0.15) is 0 Å². The summed E-state index contributed by atoms with van der Waals surface area (Å²) in [4.78, 5) is 12.2. The van der Waals surface area contributed by atoms with E-state index in [1.165, 1.54) is 24.0 Å². The van der Waals surface area contributed by atoms with E-state index in [2.05, 4.69) is 26.0 Å². The van der Waals surface area contributed by atoms with Crippen LogP contribution in [0.4, 0.5) is 0 Å². The number of fused-ring (bicyclic) bond motifs is 1. The second-order valence-corrected chi connectivity index (χ2v) is 5.15. The normalized spacial score (nSPS) is 14.1. The number of rotatable bonds is 5. The summed E-state index contributed by atoms with van der Waals surface area (Å²) in [6.07, 6.45) is 6.52. The van der Waals surface area contributed by atoms with Gasteiger partial charge in [-0.15, -0.1) is 0 Å². The van der Waals surface area contributed by atoms with E-state index in [9.17, 15) is 4.79 Å². The fraction of sp³-hybridized carbons (Fsp3) is 0.562. The highest BCUT2D eigenvalue weighted by Crippen LogP contribution is 2.24. The maximum absolute atomic E-state index is 12.2. The van der Waals surface area contributed by atoms with Crippen LogP contribution in [0, 0.1) is 5.92 Å². The summed E-state index contributed by atoms with van der Waals surface area (Å²) in [5.41, 5.74) is 3.78. The highest BCUT2D eigenvalue weighted by Gasteiger charge is 2.16. The topological polar surface area (TPSA) is 17.1 Å². The molecule has 17 heavy (non-hydrogen) atoms. The van der Waals surface area contributed by atoms with Crippen LogP contribution < -0.4 is 0 Å². The summed E-state index contributed by atoms with van der Waals surface area (Å²) in [5, 5.41) is 0. The number of ketones is 1. The number of carbonyl (C=O) groups excluding carboxylic acids is 1. The van der Waals surface area contributed by atoms with Gasteiger partial charge in [0.2, 0.25) is 0 Å². The molecule has 1 aromatic carbocycles. The molecule has 1 aromatic rings. The van der Waals surface area contributed by atoms with Gasteiger partial charge in [-0.25, -0.2) is 0 Å². The molecule has 0 heterocycles. The molecule has 0 bridgehead atoms. The first-order valence-electron chi connectivity index (χ1n) is 6.89. The first kappa shape index (κ1) is 12.3. The molecule has 0 fully saturated rings. The van der Waals surface area contributed by atoms with E-state index < -0.39 is 0 Å². The van der Waals surface area contributed by atoms with Crippen molar-refractivity contribution >= 4 is 5.78 Å². The first-order valence-corrected chi connectivity index (χ1v) is 6.89. The molecule has 1 aliphatic rings. The van der Waals surface area contributed by atoms with Crippen LogP contribution in [0.1, 0.15) is 61.0 Å². The molecule has 2 rings (SSSR count). The summed E-state index contributed by atoms with van der Waals surface area (Å²) < 4.78 is 0. The maximum Gasteiger partial charge on any atom is 0.163 e. The van der Waals surface area contributed by atoms with Gasteiger partial charge in [0.05, 0.1) is 0 Å². The van der Waals surface area contributed by atoms with Crippen molar-refractivity contribution in [3.63, 3.8) is 0 Å². The van der Waals surface area contributed by atoms with E-state index in [1.807, 2.05) is 6.07 Å². The van der Waals surface area contributed by atoms with Crippen molar-refractivity contribution in [2.24, 2.45) is 5.92 Å². The Morgan fingerprint density at radius 1 is 1.18 bits per heavy atom. The number of Topliss-reactive ketones (excluding diaryl/α,β-unsaturated/α-hetero) is 1. The molecule has 0 N–H and O–H groups in total. The van der Waals surface area contributed by atoms with Crippen LogP contribution in [0.2, 0.25) is 0 Å². The molecule has 92 valence electrons. The van der Waals surface area contributed by atoms with Gasteiger partial charge in [-0.3, -0.25) is 4.79 Å². The smallest absolute Gasteiger partial charge is 0.163 e. The Bertz CT molecular complexity index is 402. The van der Waals surface area contributed by atoms with E-state index in [1.54, 1.807) is 0 Å².